The average molecular weight is 216 g/mol. The molecule has 1 N–H and O–H groups in total. The lowest BCUT2D eigenvalue weighted by molar-refractivity contribution is -0.118. The van der Waals surface area contributed by atoms with Gasteiger partial charge in [0, 0.05) is 5.69 Å². The van der Waals surface area contributed by atoms with Crippen molar-refractivity contribution in [1.82, 2.24) is 0 Å². The smallest absolute Gasteiger partial charge is 0.241 e. The highest BCUT2D eigenvalue weighted by Gasteiger charge is 2.16. The first-order chi connectivity index (χ1) is 7.67. The van der Waals surface area contributed by atoms with Gasteiger partial charge in [-0.15, -0.1) is 0 Å². The predicted molar refractivity (Wildman–Crippen MR) is 63.8 cm³/mol. The third kappa shape index (κ3) is 3.39. The van der Waals surface area contributed by atoms with E-state index in [9.17, 15) is 4.79 Å². The maximum atomic E-state index is 11.7. The van der Waals surface area contributed by atoms with Gasteiger partial charge in [-0.25, -0.2) is 0 Å². The largest absolute Gasteiger partial charge is 0.325 e. The summed E-state index contributed by atoms with van der Waals surface area (Å²) in [6.45, 7) is 3.95. The summed E-state index contributed by atoms with van der Waals surface area (Å²) in [5.74, 6) is -0.764. The Balaban J connectivity index is 2.63. The van der Waals surface area contributed by atoms with Crippen LogP contribution in [0, 0.1) is 24.2 Å². The molecular weight excluding hydrogens is 200 g/mol. The van der Waals surface area contributed by atoms with Crippen molar-refractivity contribution in [1.29, 1.82) is 5.26 Å². The van der Waals surface area contributed by atoms with Crippen LogP contribution in [0.2, 0.25) is 0 Å². The Kier molecular flexibility index (Phi) is 4.53. The van der Waals surface area contributed by atoms with Crippen molar-refractivity contribution >= 4 is 11.6 Å². The summed E-state index contributed by atoms with van der Waals surface area (Å²) < 4.78 is 0. The second-order valence-corrected chi connectivity index (χ2v) is 3.83. The first-order valence-corrected chi connectivity index (χ1v) is 5.44. The molecule has 0 saturated heterocycles. The summed E-state index contributed by atoms with van der Waals surface area (Å²) in [5.41, 5.74) is 1.88. The number of nitriles is 1. The van der Waals surface area contributed by atoms with Crippen LogP contribution in [-0.2, 0) is 4.79 Å². The normalized spacial score (nSPS) is 11.6. The molecule has 0 bridgehead atoms. The molecule has 3 nitrogen and oxygen atoms in total. The number of benzene rings is 1. The molecule has 0 fully saturated rings. The topological polar surface area (TPSA) is 52.9 Å². The minimum absolute atomic E-state index is 0.215. The number of amides is 1. The SMILES string of the molecule is CCCC(C#N)C(=O)Nc1ccc(C)cc1. The number of carbonyl (C=O) groups excluding carboxylic acids is 1. The van der Waals surface area contributed by atoms with E-state index in [-0.39, 0.29) is 5.91 Å². The van der Waals surface area contributed by atoms with Gasteiger partial charge in [-0.05, 0) is 25.5 Å². The zero-order valence-electron chi connectivity index (χ0n) is 9.66. The maximum Gasteiger partial charge on any atom is 0.241 e. The number of anilines is 1. The van der Waals surface area contributed by atoms with Gasteiger partial charge < -0.3 is 5.32 Å². The van der Waals surface area contributed by atoms with Crippen molar-refractivity contribution in [3.8, 4) is 6.07 Å². The van der Waals surface area contributed by atoms with Crippen LogP contribution in [0.1, 0.15) is 25.3 Å². The van der Waals surface area contributed by atoms with Gasteiger partial charge in [-0.2, -0.15) is 5.26 Å². The molecule has 1 amide bonds. The first kappa shape index (κ1) is 12.3. The van der Waals surface area contributed by atoms with Crippen LogP contribution in [-0.4, -0.2) is 5.91 Å². The van der Waals surface area contributed by atoms with E-state index in [1.54, 1.807) is 0 Å². The standard InChI is InChI=1S/C13H16N2O/c1-3-4-11(9-14)13(16)15-12-7-5-10(2)6-8-12/h5-8,11H,3-4H2,1-2H3,(H,15,16). The summed E-state index contributed by atoms with van der Waals surface area (Å²) in [6.07, 6.45) is 1.44. The highest BCUT2D eigenvalue weighted by molar-refractivity contribution is 5.94. The van der Waals surface area contributed by atoms with E-state index in [1.807, 2.05) is 44.2 Å². The predicted octanol–water partition coefficient (Wildman–Crippen LogP) is 2.87. The molecule has 0 spiro atoms. The van der Waals surface area contributed by atoms with Crippen molar-refractivity contribution in [2.24, 2.45) is 5.92 Å². The van der Waals surface area contributed by atoms with Gasteiger partial charge in [0.2, 0.25) is 5.91 Å². The summed E-state index contributed by atoms with van der Waals surface area (Å²) >= 11 is 0. The van der Waals surface area contributed by atoms with Crippen LogP contribution < -0.4 is 5.32 Å². The number of carbonyl (C=O) groups is 1. The van der Waals surface area contributed by atoms with E-state index < -0.39 is 5.92 Å². The van der Waals surface area contributed by atoms with E-state index in [0.29, 0.717) is 6.42 Å². The molecule has 84 valence electrons. The Morgan fingerprint density at radius 1 is 1.44 bits per heavy atom. The van der Waals surface area contributed by atoms with Crippen LogP contribution in [0.25, 0.3) is 0 Å². The maximum absolute atomic E-state index is 11.7. The lowest BCUT2D eigenvalue weighted by atomic mass is 10.0. The van der Waals surface area contributed by atoms with Crippen LogP contribution in [0.3, 0.4) is 0 Å². The van der Waals surface area contributed by atoms with E-state index in [0.717, 1.165) is 17.7 Å². The quantitative estimate of drug-likeness (QED) is 0.841. The highest BCUT2D eigenvalue weighted by atomic mass is 16.1. The Labute approximate surface area is 96.1 Å². The summed E-state index contributed by atoms with van der Waals surface area (Å²) in [4.78, 5) is 11.7. The fourth-order valence-corrected chi connectivity index (χ4v) is 1.41. The number of nitrogens with zero attached hydrogens (tertiary/aromatic N) is 1. The van der Waals surface area contributed by atoms with Crippen LogP contribution in [0.15, 0.2) is 24.3 Å². The molecular formula is C13H16N2O. The van der Waals surface area contributed by atoms with Gasteiger partial charge in [-0.3, -0.25) is 4.79 Å². The first-order valence-electron chi connectivity index (χ1n) is 5.44. The number of aryl methyl sites for hydroxylation is 1. The monoisotopic (exact) mass is 216 g/mol. The fourth-order valence-electron chi connectivity index (χ4n) is 1.41. The molecule has 0 radical (unpaired) electrons. The molecule has 16 heavy (non-hydrogen) atoms. The van der Waals surface area contributed by atoms with Crippen molar-refractivity contribution in [3.63, 3.8) is 0 Å². The van der Waals surface area contributed by atoms with Gasteiger partial charge in [-0.1, -0.05) is 31.0 Å². The second-order valence-electron chi connectivity index (χ2n) is 3.83. The van der Waals surface area contributed by atoms with Crippen LogP contribution >= 0.6 is 0 Å². The molecule has 1 unspecified atom stereocenters. The van der Waals surface area contributed by atoms with Crippen LogP contribution in [0.5, 0.6) is 0 Å². The molecule has 0 aliphatic heterocycles. The molecule has 1 aromatic rings. The molecule has 0 aliphatic rings. The van der Waals surface area contributed by atoms with Crippen molar-refractivity contribution < 1.29 is 4.79 Å². The lowest BCUT2D eigenvalue weighted by Crippen LogP contribution is -2.21. The molecule has 0 heterocycles. The number of hydrogen-bond donors (Lipinski definition) is 1. The summed E-state index contributed by atoms with van der Waals surface area (Å²) in [7, 11) is 0. The number of nitrogens with one attached hydrogen (secondary N) is 1. The Morgan fingerprint density at radius 3 is 2.56 bits per heavy atom. The zero-order valence-corrected chi connectivity index (χ0v) is 9.66. The number of hydrogen-bond acceptors (Lipinski definition) is 2. The van der Waals surface area contributed by atoms with Crippen LogP contribution in [0.4, 0.5) is 5.69 Å². The Bertz CT molecular complexity index is 389. The zero-order chi connectivity index (χ0) is 12.0. The Hall–Kier alpha value is -1.82. The van der Waals surface area contributed by atoms with E-state index in [2.05, 4.69) is 5.32 Å². The van der Waals surface area contributed by atoms with Crippen molar-refractivity contribution in [3.05, 3.63) is 29.8 Å². The van der Waals surface area contributed by atoms with Gasteiger partial charge in [0.1, 0.15) is 5.92 Å². The lowest BCUT2D eigenvalue weighted by Gasteiger charge is -2.09. The molecule has 3 heteroatoms. The van der Waals surface area contributed by atoms with Gasteiger partial charge in [0.05, 0.1) is 6.07 Å². The second kappa shape index (κ2) is 5.92. The fraction of sp³-hybridized carbons (Fsp3) is 0.385. The van der Waals surface area contributed by atoms with Gasteiger partial charge in [0.25, 0.3) is 0 Å². The third-order valence-electron chi connectivity index (χ3n) is 2.37. The van der Waals surface area contributed by atoms with E-state index >= 15 is 0 Å². The third-order valence-corrected chi connectivity index (χ3v) is 2.37. The van der Waals surface area contributed by atoms with Gasteiger partial charge >= 0.3 is 0 Å². The highest BCUT2D eigenvalue weighted by Crippen LogP contribution is 2.12. The molecule has 0 saturated carbocycles. The summed E-state index contributed by atoms with van der Waals surface area (Å²) in [5, 5.41) is 11.6. The summed E-state index contributed by atoms with van der Waals surface area (Å²) in [6, 6.07) is 9.56. The molecule has 1 atom stereocenters. The van der Waals surface area contributed by atoms with Crippen molar-refractivity contribution in [2.45, 2.75) is 26.7 Å². The molecule has 1 rings (SSSR count). The van der Waals surface area contributed by atoms with Gasteiger partial charge in [0.15, 0.2) is 0 Å². The average Bonchev–Trinajstić information content (AvgIpc) is 2.29. The minimum Gasteiger partial charge on any atom is -0.325 e. The molecule has 0 aromatic heterocycles. The van der Waals surface area contributed by atoms with E-state index in [1.165, 1.54) is 0 Å². The minimum atomic E-state index is -0.550. The molecule has 1 aromatic carbocycles. The number of rotatable bonds is 4. The van der Waals surface area contributed by atoms with E-state index in [4.69, 9.17) is 5.26 Å². The van der Waals surface area contributed by atoms with Crippen molar-refractivity contribution in [2.75, 3.05) is 5.32 Å². The molecule has 0 aliphatic carbocycles. The Morgan fingerprint density at radius 2 is 2.06 bits per heavy atom.